The number of nitrogens with zero attached hydrogens (tertiary/aromatic N) is 1. The molecule has 1 heterocycles. The number of hydrogen-bond acceptors (Lipinski definition) is 4. The van der Waals surface area contributed by atoms with Gasteiger partial charge in [0.2, 0.25) is 0 Å². The number of carbonyl (C=O) groups is 2. The van der Waals surface area contributed by atoms with E-state index in [0.29, 0.717) is 23.4 Å². The van der Waals surface area contributed by atoms with Gasteiger partial charge in [0.15, 0.2) is 0 Å². The van der Waals surface area contributed by atoms with Crippen molar-refractivity contribution in [3.63, 3.8) is 0 Å². The number of fused-ring (bicyclic) bond motifs is 1. The monoisotopic (exact) mass is 425 g/mol. The van der Waals surface area contributed by atoms with E-state index >= 15 is 0 Å². The first-order valence-electron chi connectivity index (χ1n) is 10.3. The van der Waals surface area contributed by atoms with Gasteiger partial charge in [0.05, 0.1) is 18.2 Å². The predicted molar refractivity (Wildman–Crippen MR) is 125 cm³/mol. The van der Waals surface area contributed by atoms with Gasteiger partial charge in [-0.05, 0) is 47.0 Å². The van der Waals surface area contributed by atoms with Crippen LogP contribution in [0.25, 0.3) is 10.8 Å². The molecule has 0 bridgehead atoms. The van der Waals surface area contributed by atoms with Gasteiger partial charge in [0, 0.05) is 11.8 Å². The van der Waals surface area contributed by atoms with Crippen molar-refractivity contribution < 1.29 is 14.7 Å². The molecule has 4 rings (SSSR count). The van der Waals surface area contributed by atoms with E-state index in [1.54, 1.807) is 18.2 Å². The van der Waals surface area contributed by atoms with Gasteiger partial charge >= 0.3 is 0 Å². The highest BCUT2D eigenvalue weighted by Crippen LogP contribution is 2.17. The predicted octanol–water partition coefficient (Wildman–Crippen LogP) is 3.82. The second-order valence-corrected chi connectivity index (χ2v) is 7.49. The molecule has 1 atom stereocenters. The van der Waals surface area contributed by atoms with E-state index < -0.39 is 6.04 Å². The Bertz CT molecular complexity index is 1220. The van der Waals surface area contributed by atoms with Gasteiger partial charge in [0.1, 0.15) is 5.82 Å². The van der Waals surface area contributed by atoms with Crippen LogP contribution in [-0.4, -0.2) is 34.6 Å². The van der Waals surface area contributed by atoms with Crippen LogP contribution in [0.1, 0.15) is 26.3 Å². The number of carbonyl (C=O) groups excluding carboxylic acids is 2. The molecule has 0 radical (unpaired) electrons. The average molecular weight is 425 g/mol. The van der Waals surface area contributed by atoms with Gasteiger partial charge in [-0.3, -0.25) is 9.59 Å². The SMILES string of the molecule is O=C(Nc1ccc(C(=O)NC(CO)Cc2ccccc2)cn1)c1ccc2ccccc2c1. The van der Waals surface area contributed by atoms with E-state index in [4.69, 9.17) is 0 Å². The van der Waals surface area contributed by atoms with Gasteiger partial charge in [-0.25, -0.2) is 4.98 Å². The summed E-state index contributed by atoms with van der Waals surface area (Å²) in [5, 5.41) is 17.2. The number of anilines is 1. The first kappa shape index (κ1) is 21.2. The molecule has 6 heteroatoms. The molecule has 32 heavy (non-hydrogen) atoms. The van der Waals surface area contributed by atoms with E-state index in [1.807, 2.05) is 66.7 Å². The molecule has 0 saturated carbocycles. The molecule has 0 spiro atoms. The Hall–Kier alpha value is -4.03. The topological polar surface area (TPSA) is 91.3 Å². The van der Waals surface area contributed by atoms with Gasteiger partial charge < -0.3 is 15.7 Å². The average Bonchev–Trinajstić information content (AvgIpc) is 2.84. The molecule has 1 unspecified atom stereocenters. The molecular formula is C26H23N3O3. The fraction of sp³-hybridized carbons (Fsp3) is 0.115. The molecular weight excluding hydrogens is 402 g/mol. The number of pyridine rings is 1. The minimum atomic E-state index is -0.405. The number of nitrogens with one attached hydrogen (secondary N) is 2. The maximum absolute atomic E-state index is 12.6. The molecule has 6 nitrogen and oxygen atoms in total. The van der Waals surface area contributed by atoms with Crippen LogP contribution in [0.2, 0.25) is 0 Å². The summed E-state index contributed by atoms with van der Waals surface area (Å²) in [5.74, 6) is -0.258. The second-order valence-electron chi connectivity index (χ2n) is 7.49. The molecule has 0 fully saturated rings. The zero-order chi connectivity index (χ0) is 22.3. The van der Waals surface area contributed by atoms with Crippen LogP contribution < -0.4 is 10.6 Å². The highest BCUT2D eigenvalue weighted by molar-refractivity contribution is 6.06. The van der Waals surface area contributed by atoms with Crippen molar-refractivity contribution in [1.82, 2.24) is 10.3 Å². The number of hydrogen-bond donors (Lipinski definition) is 3. The minimum Gasteiger partial charge on any atom is -0.394 e. The summed E-state index contributed by atoms with van der Waals surface area (Å²) in [6.07, 6.45) is 1.93. The van der Waals surface area contributed by atoms with E-state index in [1.165, 1.54) is 6.20 Å². The fourth-order valence-corrected chi connectivity index (χ4v) is 3.45. The first-order valence-corrected chi connectivity index (χ1v) is 10.3. The normalized spacial score (nSPS) is 11.7. The lowest BCUT2D eigenvalue weighted by Gasteiger charge is -2.16. The smallest absolute Gasteiger partial charge is 0.256 e. The lowest BCUT2D eigenvalue weighted by atomic mass is 10.1. The van der Waals surface area contributed by atoms with E-state index in [0.717, 1.165) is 16.3 Å². The Morgan fingerprint density at radius 3 is 2.25 bits per heavy atom. The summed E-state index contributed by atoms with van der Waals surface area (Å²) < 4.78 is 0. The lowest BCUT2D eigenvalue weighted by Crippen LogP contribution is -2.39. The summed E-state index contributed by atoms with van der Waals surface area (Å²) in [6, 6.07) is 25.7. The van der Waals surface area contributed by atoms with Crippen molar-refractivity contribution in [3.05, 3.63) is 108 Å². The van der Waals surface area contributed by atoms with Gasteiger partial charge in [-0.2, -0.15) is 0 Å². The Morgan fingerprint density at radius 1 is 0.812 bits per heavy atom. The van der Waals surface area contributed by atoms with Crippen LogP contribution in [0, 0.1) is 0 Å². The van der Waals surface area contributed by atoms with Crippen LogP contribution in [0.3, 0.4) is 0 Å². The largest absolute Gasteiger partial charge is 0.394 e. The molecule has 0 saturated heterocycles. The van der Waals surface area contributed by atoms with Crippen molar-refractivity contribution in [2.45, 2.75) is 12.5 Å². The molecule has 0 aliphatic rings. The lowest BCUT2D eigenvalue weighted by molar-refractivity contribution is 0.0916. The molecule has 0 aliphatic carbocycles. The summed E-state index contributed by atoms with van der Waals surface area (Å²) in [7, 11) is 0. The number of aliphatic hydroxyl groups excluding tert-OH is 1. The third-order valence-corrected chi connectivity index (χ3v) is 5.16. The zero-order valence-corrected chi connectivity index (χ0v) is 17.4. The van der Waals surface area contributed by atoms with Crippen LogP contribution in [-0.2, 0) is 6.42 Å². The number of benzene rings is 3. The van der Waals surface area contributed by atoms with Gasteiger partial charge in [0.25, 0.3) is 11.8 Å². The van der Waals surface area contributed by atoms with Crippen LogP contribution >= 0.6 is 0 Å². The maximum Gasteiger partial charge on any atom is 0.256 e. The van der Waals surface area contributed by atoms with Crippen LogP contribution in [0.15, 0.2) is 91.1 Å². The van der Waals surface area contributed by atoms with E-state index in [-0.39, 0.29) is 18.4 Å². The summed E-state index contributed by atoms with van der Waals surface area (Å²) in [5.41, 5.74) is 1.90. The second kappa shape index (κ2) is 9.85. The minimum absolute atomic E-state index is 0.173. The summed E-state index contributed by atoms with van der Waals surface area (Å²) >= 11 is 0. The number of aliphatic hydroxyl groups is 1. The molecule has 1 aromatic heterocycles. The molecule has 2 amide bonds. The van der Waals surface area contributed by atoms with Gasteiger partial charge in [-0.15, -0.1) is 0 Å². The number of aromatic nitrogens is 1. The highest BCUT2D eigenvalue weighted by Gasteiger charge is 2.15. The molecule has 3 N–H and O–H groups in total. The van der Waals surface area contributed by atoms with Crippen molar-refractivity contribution in [2.24, 2.45) is 0 Å². The standard InChI is InChI=1S/C26H23N3O3/c30-17-23(14-18-6-2-1-3-7-18)28-26(32)22-12-13-24(27-16-22)29-25(31)21-11-10-19-8-4-5-9-20(19)15-21/h1-13,15-16,23,30H,14,17H2,(H,28,32)(H,27,29,31). The zero-order valence-electron chi connectivity index (χ0n) is 17.4. The molecule has 0 aliphatic heterocycles. The Kier molecular flexibility index (Phi) is 6.53. The fourth-order valence-electron chi connectivity index (χ4n) is 3.45. The molecule has 3 aromatic carbocycles. The highest BCUT2D eigenvalue weighted by atomic mass is 16.3. The van der Waals surface area contributed by atoms with Crippen LogP contribution in [0.4, 0.5) is 5.82 Å². The summed E-state index contributed by atoms with van der Waals surface area (Å²) in [4.78, 5) is 29.3. The Labute approximate surface area is 185 Å². The molecule has 4 aromatic rings. The van der Waals surface area contributed by atoms with Crippen molar-refractivity contribution in [3.8, 4) is 0 Å². The Balaban J connectivity index is 1.38. The van der Waals surface area contributed by atoms with Crippen molar-refractivity contribution in [1.29, 1.82) is 0 Å². The first-order chi connectivity index (χ1) is 15.6. The van der Waals surface area contributed by atoms with E-state index in [9.17, 15) is 14.7 Å². The van der Waals surface area contributed by atoms with Crippen molar-refractivity contribution in [2.75, 3.05) is 11.9 Å². The number of rotatable bonds is 7. The van der Waals surface area contributed by atoms with E-state index in [2.05, 4.69) is 15.6 Å². The molecule has 160 valence electrons. The number of amides is 2. The summed E-state index contributed by atoms with van der Waals surface area (Å²) in [6.45, 7) is -0.173. The Morgan fingerprint density at radius 2 is 1.53 bits per heavy atom. The third kappa shape index (κ3) is 5.17. The van der Waals surface area contributed by atoms with Crippen molar-refractivity contribution >= 4 is 28.4 Å². The maximum atomic E-state index is 12.6. The van der Waals surface area contributed by atoms with Gasteiger partial charge in [-0.1, -0.05) is 60.7 Å². The third-order valence-electron chi connectivity index (χ3n) is 5.16. The van der Waals surface area contributed by atoms with Crippen LogP contribution in [0.5, 0.6) is 0 Å². The quantitative estimate of drug-likeness (QED) is 0.420.